The van der Waals surface area contributed by atoms with Gasteiger partial charge in [-0.15, -0.1) is 0 Å². The highest BCUT2D eigenvalue weighted by Crippen LogP contribution is 2.31. The van der Waals surface area contributed by atoms with E-state index in [1.807, 2.05) is 46.8 Å². The lowest BCUT2D eigenvalue weighted by Crippen LogP contribution is -2.50. The van der Waals surface area contributed by atoms with E-state index in [1.165, 1.54) is 11.1 Å². The van der Waals surface area contributed by atoms with Crippen molar-refractivity contribution in [2.24, 2.45) is 0 Å². The van der Waals surface area contributed by atoms with Crippen molar-refractivity contribution in [3.63, 3.8) is 0 Å². The molecular weight excluding hydrogens is 366 g/mol. The fourth-order valence-corrected chi connectivity index (χ4v) is 3.61. The smallest absolute Gasteiger partial charge is 0.412 e. The molecule has 162 valence electrons. The van der Waals surface area contributed by atoms with Crippen LogP contribution in [-0.4, -0.2) is 46.7 Å². The standard InChI is InChI=1S/C24H37NO4/c1-23(2,3)29-22(27)25-21(18-28-24(25,4)5)17-20-15-11-10-14-19(20)13-9-7-6-8-12-16-26/h9-11,13-15,21,26H,6-8,12,16-18H2,1-5H3/b13-9-. The number of rotatable bonds is 8. The molecule has 1 amide bonds. The number of benzene rings is 1. The van der Waals surface area contributed by atoms with Gasteiger partial charge in [-0.05, 0) is 71.4 Å². The van der Waals surface area contributed by atoms with Crippen molar-refractivity contribution in [1.82, 2.24) is 4.90 Å². The topological polar surface area (TPSA) is 59.0 Å². The summed E-state index contributed by atoms with van der Waals surface area (Å²) in [6.07, 6.45) is 8.72. The second kappa shape index (κ2) is 10.3. The Bertz CT molecular complexity index is 690. The molecule has 29 heavy (non-hydrogen) atoms. The third-order valence-electron chi connectivity index (χ3n) is 5.00. The molecule has 1 unspecified atom stereocenters. The van der Waals surface area contributed by atoms with Gasteiger partial charge in [0.2, 0.25) is 0 Å². The van der Waals surface area contributed by atoms with Crippen molar-refractivity contribution in [3.05, 3.63) is 41.5 Å². The molecule has 0 radical (unpaired) electrons. The van der Waals surface area contributed by atoms with E-state index in [0.717, 1.165) is 25.7 Å². The van der Waals surface area contributed by atoms with Crippen LogP contribution in [0.2, 0.25) is 0 Å². The summed E-state index contributed by atoms with van der Waals surface area (Å²) in [6, 6.07) is 8.23. The van der Waals surface area contributed by atoms with Crippen molar-refractivity contribution in [1.29, 1.82) is 0 Å². The number of unbranched alkanes of at least 4 members (excludes halogenated alkanes) is 3. The van der Waals surface area contributed by atoms with E-state index in [4.69, 9.17) is 14.6 Å². The average molecular weight is 404 g/mol. The van der Waals surface area contributed by atoms with Crippen molar-refractivity contribution in [3.8, 4) is 0 Å². The van der Waals surface area contributed by atoms with Gasteiger partial charge in [-0.3, -0.25) is 4.90 Å². The number of carbonyl (C=O) groups is 1. The molecule has 1 aliphatic rings. The molecule has 1 heterocycles. The molecule has 0 spiro atoms. The molecule has 1 saturated heterocycles. The summed E-state index contributed by atoms with van der Waals surface area (Å²) >= 11 is 0. The lowest BCUT2D eigenvalue weighted by atomic mass is 9.99. The SMILES string of the molecule is CC(C)(C)OC(=O)N1C(Cc2ccccc2/C=C\CCCCCO)COC1(C)C. The van der Waals surface area contributed by atoms with Gasteiger partial charge in [0.15, 0.2) is 0 Å². The Morgan fingerprint density at radius 3 is 2.69 bits per heavy atom. The molecule has 5 heteroatoms. The minimum absolute atomic E-state index is 0.0704. The number of amides is 1. The van der Waals surface area contributed by atoms with Crippen LogP contribution in [0.4, 0.5) is 4.79 Å². The number of hydrogen-bond acceptors (Lipinski definition) is 4. The van der Waals surface area contributed by atoms with Gasteiger partial charge in [-0.25, -0.2) is 4.79 Å². The lowest BCUT2D eigenvalue weighted by Gasteiger charge is -2.35. The molecule has 1 N–H and O–H groups in total. The van der Waals surface area contributed by atoms with Crippen LogP contribution in [0.1, 0.15) is 71.4 Å². The number of aliphatic hydroxyl groups is 1. The number of hydrogen-bond donors (Lipinski definition) is 1. The molecule has 0 bridgehead atoms. The van der Waals surface area contributed by atoms with Crippen LogP contribution >= 0.6 is 0 Å². The van der Waals surface area contributed by atoms with E-state index in [9.17, 15) is 4.79 Å². The van der Waals surface area contributed by atoms with Crippen LogP contribution in [0.25, 0.3) is 6.08 Å². The maximum atomic E-state index is 12.9. The van der Waals surface area contributed by atoms with Gasteiger partial charge in [0.05, 0.1) is 12.6 Å². The second-order valence-corrected chi connectivity index (χ2v) is 9.14. The Morgan fingerprint density at radius 1 is 1.28 bits per heavy atom. The van der Waals surface area contributed by atoms with Crippen LogP contribution in [-0.2, 0) is 15.9 Å². The fourth-order valence-electron chi connectivity index (χ4n) is 3.61. The Hall–Kier alpha value is -1.85. The molecular formula is C24H37NO4. The molecule has 1 aliphatic heterocycles. The van der Waals surface area contributed by atoms with Crippen molar-refractivity contribution >= 4 is 12.2 Å². The monoisotopic (exact) mass is 403 g/mol. The summed E-state index contributed by atoms with van der Waals surface area (Å²) in [4.78, 5) is 14.6. The first-order valence-electron chi connectivity index (χ1n) is 10.7. The predicted octanol–water partition coefficient (Wildman–Crippen LogP) is 5.17. The highest BCUT2D eigenvalue weighted by Gasteiger charge is 2.45. The van der Waals surface area contributed by atoms with Gasteiger partial charge in [0, 0.05) is 6.61 Å². The second-order valence-electron chi connectivity index (χ2n) is 9.14. The van der Waals surface area contributed by atoms with Crippen molar-refractivity contribution < 1.29 is 19.4 Å². The Labute approximate surface area is 175 Å². The molecule has 5 nitrogen and oxygen atoms in total. The highest BCUT2D eigenvalue weighted by atomic mass is 16.6. The number of allylic oxidation sites excluding steroid dienone is 1. The summed E-state index contributed by atoms with van der Waals surface area (Å²) in [5.41, 5.74) is 1.13. The molecule has 1 aromatic carbocycles. The number of carbonyl (C=O) groups excluding carboxylic acids is 1. The zero-order valence-corrected chi connectivity index (χ0v) is 18.6. The zero-order chi connectivity index (χ0) is 21.5. The quantitative estimate of drug-likeness (QED) is 0.609. The average Bonchev–Trinajstić information content (AvgIpc) is 2.92. The van der Waals surface area contributed by atoms with Gasteiger partial charge < -0.3 is 14.6 Å². The van der Waals surface area contributed by atoms with Crippen LogP contribution in [0.15, 0.2) is 30.3 Å². The maximum absolute atomic E-state index is 12.9. The Kier molecular flexibility index (Phi) is 8.29. The van der Waals surface area contributed by atoms with Gasteiger partial charge in [-0.2, -0.15) is 0 Å². The number of nitrogens with zero attached hydrogens (tertiary/aromatic N) is 1. The number of aliphatic hydroxyl groups excluding tert-OH is 1. The summed E-state index contributed by atoms with van der Waals surface area (Å²) < 4.78 is 11.6. The number of ether oxygens (including phenoxy) is 2. The minimum Gasteiger partial charge on any atom is -0.444 e. The summed E-state index contributed by atoms with van der Waals surface area (Å²) in [5.74, 6) is 0. The summed E-state index contributed by atoms with van der Waals surface area (Å²) in [7, 11) is 0. The van der Waals surface area contributed by atoms with Crippen LogP contribution in [0.5, 0.6) is 0 Å². The van der Waals surface area contributed by atoms with Gasteiger partial charge >= 0.3 is 6.09 Å². The van der Waals surface area contributed by atoms with E-state index < -0.39 is 11.3 Å². The van der Waals surface area contributed by atoms with Crippen LogP contribution in [0.3, 0.4) is 0 Å². The molecule has 1 aromatic rings. The fraction of sp³-hybridized carbons (Fsp3) is 0.625. The first-order valence-corrected chi connectivity index (χ1v) is 10.7. The zero-order valence-electron chi connectivity index (χ0n) is 18.6. The van der Waals surface area contributed by atoms with Crippen molar-refractivity contribution in [2.45, 2.75) is 84.1 Å². The molecule has 1 fully saturated rings. The first kappa shape index (κ1) is 23.4. The van der Waals surface area contributed by atoms with E-state index in [-0.39, 0.29) is 18.7 Å². The van der Waals surface area contributed by atoms with Gasteiger partial charge in [0.1, 0.15) is 11.3 Å². The molecule has 0 aliphatic carbocycles. The summed E-state index contributed by atoms with van der Waals surface area (Å²) in [6.45, 7) is 10.2. The Balaban J connectivity index is 2.09. The lowest BCUT2D eigenvalue weighted by molar-refractivity contribution is -0.0624. The summed E-state index contributed by atoms with van der Waals surface area (Å²) in [5, 5.41) is 8.87. The van der Waals surface area contributed by atoms with Gasteiger partial charge in [0.25, 0.3) is 0 Å². The van der Waals surface area contributed by atoms with E-state index in [0.29, 0.717) is 13.0 Å². The maximum Gasteiger partial charge on any atom is 0.412 e. The predicted molar refractivity (Wildman–Crippen MR) is 117 cm³/mol. The van der Waals surface area contributed by atoms with Crippen LogP contribution < -0.4 is 0 Å². The van der Waals surface area contributed by atoms with Gasteiger partial charge in [-0.1, -0.05) is 42.8 Å². The minimum atomic E-state index is -0.690. The van der Waals surface area contributed by atoms with E-state index in [2.05, 4.69) is 24.3 Å². The molecule has 1 atom stereocenters. The molecule has 2 rings (SSSR count). The third-order valence-corrected chi connectivity index (χ3v) is 5.00. The highest BCUT2D eigenvalue weighted by molar-refractivity contribution is 5.70. The largest absolute Gasteiger partial charge is 0.444 e. The molecule has 0 aromatic heterocycles. The third kappa shape index (κ3) is 7.16. The molecule has 0 saturated carbocycles. The van der Waals surface area contributed by atoms with Crippen LogP contribution in [0, 0.1) is 0 Å². The van der Waals surface area contributed by atoms with E-state index in [1.54, 1.807) is 4.90 Å². The first-order chi connectivity index (χ1) is 13.6. The normalized spacial score (nSPS) is 19.1. The van der Waals surface area contributed by atoms with Crippen molar-refractivity contribution in [2.75, 3.05) is 13.2 Å². The Morgan fingerprint density at radius 2 is 2.00 bits per heavy atom. The van der Waals surface area contributed by atoms with E-state index >= 15 is 0 Å².